The summed E-state index contributed by atoms with van der Waals surface area (Å²) in [6.45, 7) is 0.504. The van der Waals surface area contributed by atoms with Crippen molar-refractivity contribution in [2.24, 2.45) is 0 Å². The van der Waals surface area contributed by atoms with Crippen LogP contribution in [0.5, 0.6) is 0 Å². The standard InChI is InChI=1S/C10H13ClN2O/c1-12-10(14)13(2)7-8-5-3-4-6-9(8)11/h3-6H,1,7,12H2,2H3. The van der Waals surface area contributed by atoms with Crippen molar-refractivity contribution in [2.75, 3.05) is 7.05 Å². The maximum atomic E-state index is 11.2. The Morgan fingerprint density at radius 3 is 2.79 bits per heavy atom. The summed E-state index contributed by atoms with van der Waals surface area (Å²) in [7, 11) is 5.14. The van der Waals surface area contributed by atoms with Crippen LogP contribution in [-0.4, -0.2) is 18.0 Å². The number of nitrogens with two attached hydrogens (primary N) is 1. The van der Waals surface area contributed by atoms with Gasteiger partial charge in [-0.05, 0) is 11.6 Å². The number of hydrogen-bond donors (Lipinski definition) is 1. The molecule has 1 aromatic rings. The van der Waals surface area contributed by atoms with Gasteiger partial charge in [-0.2, -0.15) is 0 Å². The van der Waals surface area contributed by atoms with E-state index in [9.17, 15) is 4.79 Å². The first-order chi connectivity index (χ1) is 6.65. The van der Waals surface area contributed by atoms with Crippen LogP contribution in [0, 0.1) is 7.05 Å². The minimum absolute atomic E-state index is 0.107. The van der Waals surface area contributed by atoms with Gasteiger partial charge < -0.3 is 5.32 Å². The van der Waals surface area contributed by atoms with Crippen molar-refractivity contribution in [1.29, 1.82) is 0 Å². The molecule has 0 aromatic heterocycles. The number of hydrogen-bond acceptors (Lipinski definition) is 1. The lowest BCUT2D eigenvalue weighted by Gasteiger charge is -2.15. The van der Waals surface area contributed by atoms with Crippen LogP contribution in [-0.2, 0) is 6.54 Å². The lowest BCUT2D eigenvalue weighted by Crippen LogP contribution is -2.84. The number of benzene rings is 1. The average Bonchev–Trinajstić information content (AvgIpc) is 2.20. The Morgan fingerprint density at radius 2 is 2.21 bits per heavy atom. The van der Waals surface area contributed by atoms with Crippen LogP contribution >= 0.6 is 11.6 Å². The number of amides is 2. The Labute approximate surface area is 88.7 Å². The number of carbonyl (C=O) groups is 1. The molecule has 0 aliphatic rings. The molecular formula is C10H13ClN2O. The van der Waals surface area contributed by atoms with Gasteiger partial charge in [0.1, 0.15) is 0 Å². The number of primary amides is 1. The van der Waals surface area contributed by atoms with E-state index in [1.165, 1.54) is 5.32 Å². The van der Waals surface area contributed by atoms with Gasteiger partial charge in [0.05, 0.1) is 6.54 Å². The first-order valence-electron chi connectivity index (χ1n) is 4.26. The van der Waals surface area contributed by atoms with E-state index in [0.717, 1.165) is 5.56 Å². The van der Waals surface area contributed by atoms with Crippen LogP contribution in [0.4, 0.5) is 4.79 Å². The summed E-state index contributed by atoms with van der Waals surface area (Å²) in [5.41, 5.74) is 0.937. The zero-order valence-electron chi connectivity index (χ0n) is 8.03. The highest BCUT2D eigenvalue weighted by Gasteiger charge is 2.09. The van der Waals surface area contributed by atoms with Crippen LogP contribution in [0.3, 0.4) is 0 Å². The molecule has 0 fully saturated rings. The fourth-order valence-corrected chi connectivity index (χ4v) is 1.31. The van der Waals surface area contributed by atoms with E-state index in [1.54, 1.807) is 11.9 Å². The molecule has 0 atom stereocenters. The molecule has 0 aliphatic carbocycles. The Kier molecular flexibility index (Phi) is 3.92. The highest BCUT2D eigenvalue weighted by atomic mass is 35.5. The molecule has 2 N–H and O–H groups in total. The van der Waals surface area contributed by atoms with Crippen LogP contribution < -0.4 is 5.32 Å². The zero-order chi connectivity index (χ0) is 10.6. The van der Waals surface area contributed by atoms with Crippen LogP contribution in [0.25, 0.3) is 0 Å². The lowest BCUT2D eigenvalue weighted by molar-refractivity contribution is -0.497. The highest BCUT2D eigenvalue weighted by Crippen LogP contribution is 2.15. The quantitative estimate of drug-likeness (QED) is 0.736. The minimum Gasteiger partial charge on any atom is -0.395 e. The van der Waals surface area contributed by atoms with E-state index in [1.807, 2.05) is 24.3 Å². The first-order valence-corrected chi connectivity index (χ1v) is 4.64. The topological polar surface area (TPSA) is 36.9 Å². The third kappa shape index (κ3) is 2.72. The lowest BCUT2D eigenvalue weighted by atomic mass is 10.2. The fraction of sp³-hybridized carbons (Fsp3) is 0.200. The molecule has 0 aliphatic heterocycles. The predicted molar refractivity (Wildman–Crippen MR) is 55.6 cm³/mol. The summed E-state index contributed by atoms with van der Waals surface area (Å²) in [5, 5.41) is 1.97. The number of halogens is 1. The van der Waals surface area contributed by atoms with Gasteiger partial charge in [-0.1, -0.05) is 29.8 Å². The Bertz CT molecular complexity index is 328. The van der Waals surface area contributed by atoms with Crippen LogP contribution in [0.15, 0.2) is 24.3 Å². The Morgan fingerprint density at radius 1 is 1.57 bits per heavy atom. The molecule has 0 heterocycles. The largest absolute Gasteiger partial charge is 0.395 e. The first kappa shape index (κ1) is 11.0. The summed E-state index contributed by atoms with van der Waals surface area (Å²) in [6.07, 6.45) is 0. The smallest absolute Gasteiger partial charge is 0.389 e. The molecule has 4 heteroatoms. The van der Waals surface area contributed by atoms with Gasteiger partial charge in [0.25, 0.3) is 0 Å². The van der Waals surface area contributed by atoms with Crippen molar-refractivity contribution in [2.45, 2.75) is 6.54 Å². The van der Waals surface area contributed by atoms with E-state index in [-0.39, 0.29) is 6.03 Å². The van der Waals surface area contributed by atoms with Gasteiger partial charge in [-0.3, -0.25) is 4.90 Å². The normalized spacial score (nSPS) is 9.93. The number of rotatable bonds is 2. The second-order valence-corrected chi connectivity index (χ2v) is 3.40. The maximum Gasteiger partial charge on any atom is 0.389 e. The van der Waals surface area contributed by atoms with Crippen LogP contribution in [0.2, 0.25) is 5.02 Å². The van der Waals surface area contributed by atoms with E-state index in [2.05, 4.69) is 7.05 Å². The Hall–Kier alpha value is -1.06. The number of nitrogens with zero attached hydrogens (tertiary/aromatic N) is 1. The van der Waals surface area contributed by atoms with Gasteiger partial charge in [0, 0.05) is 12.1 Å². The van der Waals surface area contributed by atoms with Crippen molar-refractivity contribution in [1.82, 2.24) is 4.90 Å². The number of carbonyl (C=O) groups excluding carboxylic acids is 1. The maximum absolute atomic E-state index is 11.2. The zero-order valence-corrected chi connectivity index (χ0v) is 8.79. The van der Waals surface area contributed by atoms with E-state index in [4.69, 9.17) is 11.6 Å². The molecule has 1 rings (SSSR count). The third-order valence-corrected chi connectivity index (χ3v) is 2.28. The summed E-state index contributed by atoms with van der Waals surface area (Å²) in [5.74, 6) is 0. The molecule has 3 nitrogen and oxygen atoms in total. The van der Waals surface area contributed by atoms with E-state index < -0.39 is 0 Å². The minimum atomic E-state index is -0.107. The van der Waals surface area contributed by atoms with Crippen molar-refractivity contribution in [3.8, 4) is 0 Å². The van der Waals surface area contributed by atoms with Crippen molar-refractivity contribution < 1.29 is 10.1 Å². The fourth-order valence-electron chi connectivity index (χ4n) is 1.12. The summed E-state index contributed by atoms with van der Waals surface area (Å²) in [6, 6.07) is 7.36. The Balaban J connectivity index is 2.69. The van der Waals surface area contributed by atoms with Gasteiger partial charge in [-0.15, -0.1) is 7.05 Å². The molecule has 0 spiro atoms. The molecule has 0 bridgehead atoms. The summed E-state index contributed by atoms with van der Waals surface area (Å²) < 4.78 is 0. The van der Waals surface area contributed by atoms with Crippen molar-refractivity contribution >= 4 is 17.6 Å². The molecule has 0 saturated heterocycles. The van der Waals surface area contributed by atoms with Gasteiger partial charge >= 0.3 is 6.03 Å². The molecule has 1 aromatic carbocycles. The number of quaternary nitrogens is 1. The SMILES string of the molecule is [CH2-][NH2+]C(=O)N(C)Cc1ccccc1Cl. The molecule has 14 heavy (non-hydrogen) atoms. The van der Waals surface area contributed by atoms with Crippen molar-refractivity contribution in [3.63, 3.8) is 0 Å². The van der Waals surface area contributed by atoms with Gasteiger partial charge in [-0.25, -0.2) is 4.79 Å². The molecule has 0 unspecified atom stereocenters. The highest BCUT2D eigenvalue weighted by molar-refractivity contribution is 6.31. The van der Waals surface area contributed by atoms with E-state index >= 15 is 0 Å². The molecule has 2 amide bonds. The monoisotopic (exact) mass is 212 g/mol. The number of urea groups is 1. The predicted octanol–water partition coefficient (Wildman–Crippen LogP) is 1.25. The van der Waals surface area contributed by atoms with Gasteiger partial charge in [0.2, 0.25) is 0 Å². The average molecular weight is 213 g/mol. The third-order valence-electron chi connectivity index (χ3n) is 1.92. The molecule has 0 saturated carbocycles. The molecule has 76 valence electrons. The second kappa shape index (κ2) is 4.98. The molecular weight excluding hydrogens is 200 g/mol. The summed E-state index contributed by atoms with van der Waals surface area (Å²) in [4.78, 5) is 12.8. The molecule has 0 radical (unpaired) electrons. The van der Waals surface area contributed by atoms with Crippen molar-refractivity contribution in [3.05, 3.63) is 41.9 Å². The second-order valence-electron chi connectivity index (χ2n) is 2.99. The van der Waals surface area contributed by atoms with E-state index in [0.29, 0.717) is 11.6 Å². The summed E-state index contributed by atoms with van der Waals surface area (Å²) >= 11 is 5.95. The van der Waals surface area contributed by atoms with Gasteiger partial charge in [0.15, 0.2) is 0 Å². The van der Waals surface area contributed by atoms with Crippen LogP contribution in [0.1, 0.15) is 5.56 Å².